The van der Waals surface area contributed by atoms with Gasteiger partial charge in [-0.15, -0.1) is 0 Å². The lowest BCUT2D eigenvalue weighted by molar-refractivity contribution is 0.0908. The number of rotatable bonds is 7. The van der Waals surface area contributed by atoms with Crippen LogP contribution >= 0.6 is 11.6 Å². The fraction of sp³-hybridized carbons (Fsp3) is 0.333. The van der Waals surface area contributed by atoms with Crippen LogP contribution < -0.4 is 10.7 Å². The van der Waals surface area contributed by atoms with Crippen molar-refractivity contribution in [2.75, 3.05) is 19.6 Å². The average molecular weight is 427 g/mol. The van der Waals surface area contributed by atoms with E-state index < -0.39 is 5.91 Å². The smallest absolute Gasteiger partial charge is 0.287 e. The number of halogens is 1. The van der Waals surface area contributed by atoms with E-state index in [0.717, 1.165) is 29.8 Å². The quantitative estimate of drug-likeness (QED) is 0.585. The van der Waals surface area contributed by atoms with E-state index in [2.05, 4.69) is 24.1 Å². The summed E-state index contributed by atoms with van der Waals surface area (Å²) in [5.41, 5.74) is 3.16. The molecule has 0 spiro atoms. The van der Waals surface area contributed by atoms with E-state index in [1.165, 1.54) is 6.07 Å². The summed E-state index contributed by atoms with van der Waals surface area (Å²) in [5, 5.41) is 4.06. The van der Waals surface area contributed by atoms with E-state index >= 15 is 0 Å². The van der Waals surface area contributed by atoms with Gasteiger partial charge < -0.3 is 9.73 Å². The lowest BCUT2D eigenvalue weighted by Gasteiger charge is -2.30. The van der Waals surface area contributed by atoms with E-state index in [4.69, 9.17) is 16.0 Å². The first-order valence-electron chi connectivity index (χ1n) is 10.2. The third-order valence-electron chi connectivity index (χ3n) is 5.54. The van der Waals surface area contributed by atoms with Crippen LogP contribution in [0.4, 0.5) is 0 Å². The van der Waals surface area contributed by atoms with E-state index in [9.17, 15) is 9.59 Å². The maximum atomic E-state index is 12.8. The number of nitrogens with one attached hydrogen (secondary N) is 1. The van der Waals surface area contributed by atoms with Gasteiger partial charge in [0, 0.05) is 17.6 Å². The summed E-state index contributed by atoms with van der Waals surface area (Å²) in [4.78, 5) is 27.6. The molecule has 2 aromatic carbocycles. The van der Waals surface area contributed by atoms with Crippen molar-refractivity contribution in [1.29, 1.82) is 0 Å². The van der Waals surface area contributed by atoms with Gasteiger partial charge in [0.05, 0.1) is 11.4 Å². The Balaban J connectivity index is 1.87. The number of carbonyl (C=O) groups is 1. The molecule has 6 heteroatoms. The molecule has 0 fully saturated rings. The molecule has 0 saturated carbocycles. The van der Waals surface area contributed by atoms with Crippen molar-refractivity contribution in [2.24, 2.45) is 0 Å². The molecule has 1 heterocycles. The zero-order valence-corrected chi connectivity index (χ0v) is 18.5. The van der Waals surface area contributed by atoms with Gasteiger partial charge >= 0.3 is 0 Å². The van der Waals surface area contributed by atoms with E-state index in [1.807, 2.05) is 38.1 Å². The van der Waals surface area contributed by atoms with Gasteiger partial charge in [0.15, 0.2) is 11.2 Å². The maximum Gasteiger partial charge on any atom is 0.287 e. The highest BCUT2D eigenvalue weighted by molar-refractivity contribution is 6.31. The topological polar surface area (TPSA) is 62.6 Å². The Hall–Kier alpha value is -2.63. The fourth-order valence-electron chi connectivity index (χ4n) is 3.65. The predicted octanol–water partition coefficient (Wildman–Crippen LogP) is 4.88. The summed E-state index contributed by atoms with van der Waals surface area (Å²) < 4.78 is 5.76. The first-order valence-corrected chi connectivity index (χ1v) is 10.5. The number of hydrogen-bond donors (Lipinski definition) is 1. The minimum absolute atomic E-state index is 0.00760. The van der Waals surface area contributed by atoms with E-state index in [-0.39, 0.29) is 17.2 Å². The standard InChI is InChI=1S/C24H27ClN2O3/c1-5-27(6-2)20(17-9-7-8-10-19(17)25)14-26-24(29)23-13-21(28)18-11-15(3)16(4)12-22(18)30-23/h7-13,20H,5-6,14H2,1-4H3,(H,26,29)/t20-/m0/s1. The zero-order valence-electron chi connectivity index (χ0n) is 17.8. The van der Waals surface area contributed by atoms with E-state index in [0.29, 0.717) is 22.5 Å². The summed E-state index contributed by atoms with van der Waals surface area (Å²) in [5.74, 6) is -0.412. The van der Waals surface area contributed by atoms with Gasteiger partial charge in [-0.3, -0.25) is 14.5 Å². The lowest BCUT2D eigenvalue weighted by Crippen LogP contribution is -2.38. The van der Waals surface area contributed by atoms with Crippen molar-refractivity contribution in [3.05, 3.63) is 80.2 Å². The van der Waals surface area contributed by atoms with Crippen molar-refractivity contribution in [3.63, 3.8) is 0 Å². The van der Waals surface area contributed by atoms with Crippen molar-refractivity contribution in [1.82, 2.24) is 10.2 Å². The van der Waals surface area contributed by atoms with Crippen LogP contribution in [0.3, 0.4) is 0 Å². The van der Waals surface area contributed by atoms with Crippen LogP contribution in [0, 0.1) is 13.8 Å². The minimum Gasteiger partial charge on any atom is -0.451 e. The molecule has 5 nitrogen and oxygen atoms in total. The second-order valence-corrected chi connectivity index (χ2v) is 7.78. The summed E-state index contributed by atoms with van der Waals surface area (Å²) >= 11 is 6.42. The monoisotopic (exact) mass is 426 g/mol. The van der Waals surface area contributed by atoms with Crippen LogP contribution in [-0.4, -0.2) is 30.4 Å². The Bertz CT molecular complexity index is 1120. The summed E-state index contributed by atoms with van der Waals surface area (Å²) in [6.45, 7) is 10.00. The molecule has 0 saturated heterocycles. The van der Waals surface area contributed by atoms with Crippen molar-refractivity contribution in [3.8, 4) is 0 Å². The third kappa shape index (κ3) is 4.58. The van der Waals surface area contributed by atoms with Gasteiger partial charge in [-0.1, -0.05) is 43.6 Å². The largest absolute Gasteiger partial charge is 0.451 e. The van der Waals surface area contributed by atoms with Crippen molar-refractivity contribution < 1.29 is 9.21 Å². The molecule has 3 aromatic rings. The highest BCUT2D eigenvalue weighted by atomic mass is 35.5. The van der Waals surface area contributed by atoms with E-state index in [1.54, 1.807) is 12.1 Å². The number of nitrogens with zero attached hydrogens (tertiary/aromatic N) is 1. The highest BCUT2D eigenvalue weighted by Gasteiger charge is 2.22. The molecule has 0 bridgehead atoms. The molecule has 1 amide bonds. The molecular formula is C24H27ClN2O3. The van der Waals surface area contributed by atoms with Crippen molar-refractivity contribution >= 4 is 28.5 Å². The Kier molecular flexibility index (Phi) is 6.95. The van der Waals surface area contributed by atoms with Gasteiger partial charge in [-0.05, 0) is 61.8 Å². The third-order valence-corrected chi connectivity index (χ3v) is 5.88. The second-order valence-electron chi connectivity index (χ2n) is 7.38. The number of carbonyl (C=O) groups excluding carboxylic acids is 1. The molecule has 0 radical (unpaired) electrons. The van der Waals surface area contributed by atoms with Gasteiger partial charge in [0.2, 0.25) is 0 Å². The number of benzene rings is 2. The van der Waals surface area contributed by atoms with Gasteiger partial charge in [-0.2, -0.15) is 0 Å². The molecule has 0 aliphatic carbocycles. The molecule has 0 unspecified atom stereocenters. The maximum absolute atomic E-state index is 12.8. The first kappa shape index (κ1) is 22.1. The zero-order chi connectivity index (χ0) is 21.8. The summed E-state index contributed by atoms with van der Waals surface area (Å²) in [7, 11) is 0. The molecule has 1 N–H and O–H groups in total. The Labute approximate surface area is 181 Å². The molecule has 0 aliphatic rings. The Morgan fingerprint density at radius 1 is 1.10 bits per heavy atom. The van der Waals surface area contributed by atoms with Gasteiger partial charge in [0.25, 0.3) is 5.91 Å². The average Bonchev–Trinajstić information content (AvgIpc) is 2.73. The molecule has 30 heavy (non-hydrogen) atoms. The number of fused-ring (bicyclic) bond motifs is 1. The molecular weight excluding hydrogens is 400 g/mol. The van der Waals surface area contributed by atoms with Crippen LogP contribution in [0.15, 0.2) is 51.7 Å². The summed E-state index contributed by atoms with van der Waals surface area (Å²) in [6.07, 6.45) is 0. The van der Waals surface area contributed by atoms with Gasteiger partial charge in [-0.25, -0.2) is 0 Å². The number of likely N-dealkylation sites (N-methyl/N-ethyl adjacent to an activating group) is 1. The number of hydrogen-bond acceptors (Lipinski definition) is 4. The normalized spacial score (nSPS) is 12.3. The highest BCUT2D eigenvalue weighted by Crippen LogP contribution is 2.27. The molecule has 0 aliphatic heterocycles. The van der Waals surface area contributed by atoms with Crippen LogP contribution in [0.5, 0.6) is 0 Å². The Morgan fingerprint density at radius 2 is 1.77 bits per heavy atom. The molecule has 158 valence electrons. The number of aryl methyl sites for hydroxylation is 2. The minimum atomic E-state index is -0.420. The number of amides is 1. The summed E-state index contributed by atoms with van der Waals surface area (Å²) in [6, 6.07) is 12.4. The lowest BCUT2D eigenvalue weighted by atomic mass is 10.0. The SMILES string of the molecule is CCN(CC)[C@@H](CNC(=O)c1cc(=O)c2cc(C)c(C)cc2o1)c1ccccc1Cl. The Morgan fingerprint density at radius 3 is 2.43 bits per heavy atom. The fourth-order valence-corrected chi connectivity index (χ4v) is 3.91. The van der Waals surface area contributed by atoms with Crippen molar-refractivity contribution in [2.45, 2.75) is 33.7 Å². The molecule has 1 aromatic heterocycles. The first-order chi connectivity index (χ1) is 14.3. The van der Waals surface area contributed by atoms with Gasteiger partial charge in [0.1, 0.15) is 5.58 Å². The van der Waals surface area contributed by atoms with Crippen LogP contribution in [0.1, 0.15) is 47.1 Å². The molecule has 1 atom stereocenters. The van der Waals surface area contributed by atoms with Crippen LogP contribution in [0.25, 0.3) is 11.0 Å². The second kappa shape index (κ2) is 9.45. The van der Waals surface area contributed by atoms with Crippen LogP contribution in [-0.2, 0) is 0 Å². The molecule has 3 rings (SSSR count). The van der Waals surface area contributed by atoms with Crippen LogP contribution in [0.2, 0.25) is 5.02 Å². The predicted molar refractivity (Wildman–Crippen MR) is 121 cm³/mol.